The molecule has 56 valence electrons. The lowest BCUT2D eigenvalue weighted by Crippen LogP contribution is -2.43. The van der Waals surface area contributed by atoms with E-state index in [9.17, 15) is 0 Å². The second kappa shape index (κ2) is 3.07. The fraction of sp³-hybridized carbons (Fsp3) is 0.778. The minimum absolute atomic E-state index is 0.248. The van der Waals surface area contributed by atoms with Gasteiger partial charge in [0.05, 0.1) is 6.04 Å². The van der Waals surface area contributed by atoms with Crippen molar-refractivity contribution < 1.29 is 0 Å². The first-order chi connectivity index (χ1) is 4.72. The van der Waals surface area contributed by atoms with Gasteiger partial charge in [0.1, 0.15) is 0 Å². The summed E-state index contributed by atoms with van der Waals surface area (Å²) in [4.78, 5) is 0. The van der Waals surface area contributed by atoms with E-state index < -0.39 is 0 Å². The quantitative estimate of drug-likeness (QED) is 0.567. The molecule has 0 spiro atoms. The van der Waals surface area contributed by atoms with Crippen molar-refractivity contribution in [2.24, 2.45) is 5.92 Å². The van der Waals surface area contributed by atoms with Crippen LogP contribution in [0, 0.1) is 18.3 Å². The Morgan fingerprint density at radius 2 is 2.20 bits per heavy atom. The van der Waals surface area contributed by atoms with Crippen LogP contribution in [-0.4, -0.2) is 12.1 Å². The number of rotatable bonds is 2. The first-order valence-corrected chi connectivity index (χ1v) is 3.94. The van der Waals surface area contributed by atoms with Crippen molar-refractivity contribution in [1.29, 1.82) is 0 Å². The van der Waals surface area contributed by atoms with Crippen LogP contribution in [0.2, 0.25) is 0 Å². The molecule has 1 saturated carbocycles. The Hall–Kier alpha value is -0.480. The van der Waals surface area contributed by atoms with Gasteiger partial charge in [-0.25, -0.2) is 0 Å². The highest BCUT2D eigenvalue weighted by molar-refractivity contribution is 4.98. The van der Waals surface area contributed by atoms with Crippen molar-refractivity contribution in [2.45, 2.75) is 38.8 Å². The van der Waals surface area contributed by atoms with E-state index in [-0.39, 0.29) is 6.04 Å². The highest BCUT2D eigenvalue weighted by Gasteiger charge is 2.25. The number of hydrogen-bond acceptors (Lipinski definition) is 1. The second-order valence-electron chi connectivity index (χ2n) is 3.33. The fourth-order valence-electron chi connectivity index (χ4n) is 1.44. The van der Waals surface area contributed by atoms with Crippen LogP contribution in [0.3, 0.4) is 0 Å². The van der Waals surface area contributed by atoms with Gasteiger partial charge >= 0.3 is 0 Å². The molecule has 0 bridgehead atoms. The third-order valence-electron chi connectivity index (χ3n) is 2.11. The summed E-state index contributed by atoms with van der Waals surface area (Å²) in [5, 5.41) is 3.36. The van der Waals surface area contributed by atoms with E-state index in [1.165, 1.54) is 12.8 Å². The molecule has 1 N–H and O–H groups in total. The Kier molecular flexibility index (Phi) is 2.34. The summed E-state index contributed by atoms with van der Waals surface area (Å²) < 4.78 is 0. The SMILES string of the molecule is C#CC(C)NC1CC(C)C1. The summed E-state index contributed by atoms with van der Waals surface area (Å²) in [7, 11) is 0. The molecule has 10 heavy (non-hydrogen) atoms. The van der Waals surface area contributed by atoms with Gasteiger partial charge in [-0.3, -0.25) is 0 Å². The van der Waals surface area contributed by atoms with Crippen molar-refractivity contribution in [3.8, 4) is 12.3 Å². The second-order valence-corrected chi connectivity index (χ2v) is 3.33. The Bertz CT molecular complexity index is 139. The summed E-state index contributed by atoms with van der Waals surface area (Å²) in [6, 6.07) is 0.943. The van der Waals surface area contributed by atoms with Crippen molar-refractivity contribution in [1.82, 2.24) is 5.32 Å². The molecule has 0 aromatic rings. The number of hydrogen-bond donors (Lipinski definition) is 1. The van der Waals surface area contributed by atoms with Crippen LogP contribution in [0.4, 0.5) is 0 Å². The Labute approximate surface area is 63.2 Å². The standard InChI is InChI=1S/C9H15N/c1-4-8(3)10-9-5-7(2)6-9/h1,7-10H,5-6H2,2-3H3. The summed E-state index contributed by atoms with van der Waals surface area (Å²) in [5.74, 6) is 3.57. The van der Waals surface area contributed by atoms with Crippen molar-refractivity contribution >= 4 is 0 Å². The van der Waals surface area contributed by atoms with E-state index in [4.69, 9.17) is 6.42 Å². The summed E-state index contributed by atoms with van der Waals surface area (Å²) in [6.07, 6.45) is 7.82. The lowest BCUT2D eigenvalue weighted by Gasteiger charge is -2.34. The predicted octanol–water partition coefficient (Wildman–Crippen LogP) is 1.40. The molecule has 1 aliphatic rings. The minimum Gasteiger partial charge on any atom is -0.301 e. The largest absolute Gasteiger partial charge is 0.301 e. The average Bonchev–Trinajstić information content (AvgIpc) is 1.84. The van der Waals surface area contributed by atoms with Crippen LogP contribution in [0.5, 0.6) is 0 Å². The van der Waals surface area contributed by atoms with Gasteiger partial charge < -0.3 is 5.32 Å². The van der Waals surface area contributed by atoms with Crippen molar-refractivity contribution in [2.75, 3.05) is 0 Å². The summed E-state index contributed by atoms with van der Waals surface area (Å²) in [5.41, 5.74) is 0. The third kappa shape index (κ3) is 1.75. The Morgan fingerprint density at radius 1 is 1.60 bits per heavy atom. The molecule has 0 radical (unpaired) electrons. The first kappa shape index (κ1) is 7.63. The van der Waals surface area contributed by atoms with Gasteiger partial charge in [-0.1, -0.05) is 12.8 Å². The number of nitrogens with one attached hydrogen (secondary N) is 1. The van der Waals surface area contributed by atoms with Crippen LogP contribution in [0.25, 0.3) is 0 Å². The lowest BCUT2D eigenvalue weighted by atomic mass is 9.81. The van der Waals surface area contributed by atoms with Gasteiger partial charge in [0, 0.05) is 6.04 Å². The summed E-state index contributed by atoms with van der Waals surface area (Å²) >= 11 is 0. The molecule has 0 aliphatic heterocycles. The van der Waals surface area contributed by atoms with E-state index in [0.29, 0.717) is 6.04 Å². The van der Waals surface area contributed by atoms with Gasteiger partial charge in [-0.05, 0) is 25.7 Å². The molecule has 0 heterocycles. The normalized spacial score (nSPS) is 34.1. The highest BCUT2D eigenvalue weighted by Crippen LogP contribution is 2.26. The number of terminal acetylenes is 1. The highest BCUT2D eigenvalue weighted by atomic mass is 15.0. The fourth-order valence-corrected chi connectivity index (χ4v) is 1.44. The van der Waals surface area contributed by atoms with E-state index in [0.717, 1.165) is 5.92 Å². The van der Waals surface area contributed by atoms with Crippen molar-refractivity contribution in [3.63, 3.8) is 0 Å². The maximum absolute atomic E-state index is 5.22. The van der Waals surface area contributed by atoms with Crippen LogP contribution in [0.15, 0.2) is 0 Å². The molecule has 0 saturated heterocycles. The van der Waals surface area contributed by atoms with Gasteiger partial charge in [-0.15, -0.1) is 6.42 Å². The topological polar surface area (TPSA) is 12.0 Å². The third-order valence-corrected chi connectivity index (χ3v) is 2.11. The smallest absolute Gasteiger partial charge is 0.0660 e. The molecular weight excluding hydrogens is 122 g/mol. The molecule has 0 aromatic carbocycles. The molecule has 0 aromatic heterocycles. The van der Waals surface area contributed by atoms with Gasteiger partial charge in [0.25, 0.3) is 0 Å². The van der Waals surface area contributed by atoms with Crippen molar-refractivity contribution in [3.05, 3.63) is 0 Å². The van der Waals surface area contributed by atoms with Crippen LogP contribution in [0.1, 0.15) is 26.7 Å². The van der Waals surface area contributed by atoms with Gasteiger partial charge in [0.15, 0.2) is 0 Å². The maximum Gasteiger partial charge on any atom is 0.0660 e. The molecular formula is C9H15N. The monoisotopic (exact) mass is 137 g/mol. The Balaban J connectivity index is 2.11. The summed E-state index contributed by atoms with van der Waals surface area (Å²) in [6.45, 7) is 4.31. The van der Waals surface area contributed by atoms with Crippen LogP contribution >= 0.6 is 0 Å². The van der Waals surface area contributed by atoms with E-state index in [2.05, 4.69) is 18.2 Å². The zero-order valence-electron chi connectivity index (χ0n) is 6.72. The molecule has 0 amide bonds. The van der Waals surface area contributed by atoms with Crippen LogP contribution < -0.4 is 5.32 Å². The van der Waals surface area contributed by atoms with Gasteiger partial charge in [-0.2, -0.15) is 0 Å². The molecule has 1 aliphatic carbocycles. The Morgan fingerprint density at radius 3 is 2.60 bits per heavy atom. The minimum atomic E-state index is 0.248. The molecule has 1 atom stereocenters. The molecule has 1 fully saturated rings. The zero-order valence-corrected chi connectivity index (χ0v) is 6.72. The predicted molar refractivity (Wildman–Crippen MR) is 43.6 cm³/mol. The molecule has 1 nitrogen and oxygen atoms in total. The first-order valence-electron chi connectivity index (χ1n) is 3.94. The van der Waals surface area contributed by atoms with E-state index >= 15 is 0 Å². The lowest BCUT2D eigenvalue weighted by molar-refractivity contribution is 0.236. The van der Waals surface area contributed by atoms with E-state index in [1.54, 1.807) is 0 Å². The zero-order chi connectivity index (χ0) is 7.56. The maximum atomic E-state index is 5.22. The van der Waals surface area contributed by atoms with E-state index in [1.807, 2.05) is 6.92 Å². The molecule has 1 rings (SSSR count). The average molecular weight is 137 g/mol. The molecule has 1 unspecified atom stereocenters. The molecule has 1 heteroatoms. The van der Waals surface area contributed by atoms with Gasteiger partial charge in [0.2, 0.25) is 0 Å². The van der Waals surface area contributed by atoms with Crippen LogP contribution in [-0.2, 0) is 0 Å².